The van der Waals surface area contributed by atoms with Crippen LogP contribution in [0, 0.1) is 6.92 Å². The standard InChI is InChI=1S/C20H22N6O2S/c1-14-5-7-15(8-6-14)26-17(13-29-20-21-9-3-10-22-20)18(24-25-26)19(27)23-12-16-4-2-11-28-16/h3,5-10,16H,2,4,11-13H2,1H3,(H,23,27). The zero-order valence-corrected chi connectivity index (χ0v) is 16.9. The summed E-state index contributed by atoms with van der Waals surface area (Å²) in [5.41, 5.74) is 3.02. The monoisotopic (exact) mass is 410 g/mol. The van der Waals surface area contributed by atoms with Crippen molar-refractivity contribution in [1.82, 2.24) is 30.3 Å². The van der Waals surface area contributed by atoms with E-state index >= 15 is 0 Å². The molecular formula is C20H22N6O2S. The van der Waals surface area contributed by atoms with E-state index in [4.69, 9.17) is 4.74 Å². The summed E-state index contributed by atoms with van der Waals surface area (Å²) in [7, 11) is 0. The fraction of sp³-hybridized carbons (Fsp3) is 0.350. The minimum Gasteiger partial charge on any atom is -0.376 e. The van der Waals surface area contributed by atoms with Gasteiger partial charge in [0.2, 0.25) is 0 Å². The normalized spacial score (nSPS) is 16.1. The maximum Gasteiger partial charge on any atom is 0.273 e. The smallest absolute Gasteiger partial charge is 0.273 e. The van der Waals surface area contributed by atoms with E-state index in [2.05, 4.69) is 25.6 Å². The number of hydrogen-bond acceptors (Lipinski definition) is 7. The lowest BCUT2D eigenvalue weighted by Crippen LogP contribution is -2.32. The van der Waals surface area contributed by atoms with Gasteiger partial charge in [0, 0.05) is 31.3 Å². The summed E-state index contributed by atoms with van der Waals surface area (Å²) in [6.45, 7) is 3.26. The molecule has 1 amide bonds. The highest BCUT2D eigenvalue weighted by Crippen LogP contribution is 2.23. The number of amides is 1. The van der Waals surface area contributed by atoms with E-state index in [0.29, 0.717) is 28.8 Å². The van der Waals surface area contributed by atoms with E-state index < -0.39 is 0 Å². The molecule has 1 fully saturated rings. The molecule has 0 spiro atoms. The number of hydrogen-bond donors (Lipinski definition) is 1. The van der Waals surface area contributed by atoms with Crippen LogP contribution in [-0.2, 0) is 10.5 Å². The van der Waals surface area contributed by atoms with Crippen molar-refractivity contribution < 1.29 is 9.53 Å². The highest BCUT2D eigenvalue weighted by atomic mass is 32.2. The van der Waals surface area contributed by atoms with Crippen LogP contribution in [0.5, 0.6) is 0 Å². The summed E-state index contributed by atoms with van der Waals surface area (Å²) in [5.74, 6) is 0.219. The Kier molecular flexibility index (Phi) is 6.16. The van der Waals surface area contributed by atoms with E-state index in [9.17, 15) is 4.79 Å². The Labute approximate surface area is 173 Å². The molecule has 0 saturated carbocycles. The van der Waals surface area contributed by atoms with Gasteiger partial charge in [-0.2, -0.15) is 0 Å². The third-order valence-corrected chi connectivity index (χ3v) is 5.54. The van der Waals surface area contributed by atoms with Crippen molar-refractivity contribution in [3.05, 3.63) is 59.7 Å². The maximum atomic E-state index is 12.8. The molecule has 1 N–H and O–H groups in total. The fourth-order valence-electron chi connectivity index (χ4n) is 3.09. The van der Waals surface area contributed by atoms with Gasteiger partial charge in [-0.05, 0) is 38.0 Å². The minimum atomic E-state index is -0.247. The van der Waals surface area contributed by atoms with Crippen LogP contribution in [-0.4, -0.2) is 50.1 Å². The molecule has 1 saturated heterocycles. The summed E-state index contributed by atoms with van der Waals surface area (Å²) < 4.78 is 7.29. The summed E-state index contributed by atoms with van der Waals surface area (Å²) in [5, 5.41) is 12.0. The van der Waals surface area contributed by atoms with Crippen molar-refractivity contribution in [3.63, 3.8) is 0 Å². The van der Waals surface area contributed by atoms with Crippen molar-refractivity contribution in [2.45, 2.75) is 36.8 Å². The number of rotatable bonds is 7. The number of carbonyl (C=O) groups is 1. The topological polar surface area (TPSA) is 94.8 Å². The second-order valence-electron chi connectivity index (χ2n) is 6.80. The number of nitrogens with one attached hydrogen (secondary N) is 1. The van der Waals surface area contributed by atoms with Gasteiger partial charge in [0.05, 0.1) is 17.5 Å². The number of aryl methyl sites for hydroxylation is 1. The Morgan fingerprint density at radius 3 is 2.79 bits per heavy atom. The van der Waals surface area contributed by atoms with Gasteiger partial charge in [0.25, 0.3) is 5.91 Å². The van der Waals surface area contributed by atoms with Crippen molar-refractivity contribution in [3.8, 4) is 5.69 Å². The van der Waals surface area contributed by atoms with Crippen molar-refractivity contribution in [2.75, 3.05) is 13.2 Å². The molecule has 3 aromatic rings. The second kappa shape index (κ2) is 9.15. The van der Waals surface area contributed by atoms with Crippen LogP contribution in [0.25, 0.3) is 5.69 Å². The molecule has 1 aliphatic rings. The molecule has 29 heavy (non-hydrogen) atoms. The summed E-state index contributed by atoms with van der Waals surface area (Å²) in [6, 6.07) is 9.71. The predicted molar refractivity (Wildman–Crippen MR) is 109 cm³/mol. The maximum absolute atomic E-state index is 12.8. The van der Waals surface area contributed by atoms with Crippen LogP contribution in [0.4, 0.5) is 0 Å². The number of thioether (sulfide) groups is 1. The zero-order chi connectivity index (χ0) is 20.1. The molecular weight excluding hydrogens is 388 g/mol. The molecule has 0 radical (unpaired) electrons. The lowest BCUT2D eigenvalue weighted by molar-refractivity contribution is 0.0853. The van der Waals surface area contributed by atoms with E-state index in [0.717, 1.165) is 30.7 Å². The van der Waals surface area contributed by atoms with Crippen molar-refractivity contribution in [2.24, 2.45) is 0 Å². The summed E-state index contributed by atoms with van der Waals surface area (Å²) in [6.07, 6.45) is 5.45. The predicted octanol–water partition coefficient (Wildman–Crippen LogP) is 2.57. The SMILES string of the molecule is Cc1ccc(-n2nnc(C(=O)NCC3CCCO3)c2CSc2ncccn2)cc1. The Balaban J connectivity index is 1.57. The molecule has 4 rings (SSSR count). The van der Waals surface area contributed by atoms with E-state index in [1.165, 1.54) is 11.8 Å². The van der Waals surface area contributed by atoms with Gasteiger partial charge in [-0.25, -0.2) is 14.6 Å². The number of benzene rings is 1. The first kappa shape index (κ1) is 19.5. The van der Waals surface area contributed by atoms with Gasteiger partial charge in [-0.15, -0.1) is 5.10 Å². The minimum absolute atomic E-state index is 0.0710. The summed E-state index contributed by atoms with van der Waals surface area (Å²) in [4.78, 5) is 21.3. The molecule has 1 atom stereocenters. The number of carbonyl (C=O) groups excluding carboxylic acids is 1. The lowest BCUT2D eigenvalue weighted by atomic mass is 10.2. The van der Waals surface area contributed by atoms with Gasteiger partial charge < -0.3 is 10.1 Å². The van der Waals surface area contributed by atoms with Crippen molar-refractivity contribution in [1.29, 1.82) is 0 Å². The Bertz CT molecular complexity index is 955. The first-order valence-corrected chi connectivity index (χ1v) is 10.5. The number of ether oxygens (including phenoxy) is 1. The summed E-state index contributed by atoms with van der Waals surface area (Å²) >= 11 is 1.44. The van der Waals surface area contributed by atoms with Gasteiger partial charge in [0.15, 0.2) is 10.9 Å². The third-order valence-electron chi connectivity index (χ3n) is 4.65. The fourth-order valence-corrected chi connectivity index (χ4v) is 3.88. The van der Waals surface area contributed by atoms with Crippen LogP contribution >= 0.6 is 11.8 Å². The van der Waals surface area contributed by atoms with Gasteiger partial charge in [0.1, 0.15) is 0 Å². The molecule has 8 nitrogen and oxygen atoms in total. The largest absolute Gasteiger partial charge is 0.376 e. The number of aromatic nitrogens is 5. The molecule has 3 heterocycles. The Hall–Kier alpha value is -2.78. The van der Waals surface area contributed by atoms with E-state index in [1.54, 1.807) is 23.1 Å². The molecule has 150 valence electrons. The van der Waals surface area contributed by atoms with E-state index in [-0.39, 0.29) is 12.0 Å². The Morgan fingerprint density at radius 1 is 1.28 bits per heavy atom. The lowest BCUT2D eigenvalue weighted by Gasteiger charge is -2.11. The Morgan fingerprint density at radius 2 is 2.07 bits per heavy atom. The average Bonchev–Trinajstić information content (AvgIpc) is 3.42. The van der Waals surface area contributed by atoms with Gasteiger partial charge in [-0.3, -0.25) is 4.79 Å². The van der Waals surface area contributed by atoms with Crippen LogP contribution in [0.3, 0.4) is 0 Å². The third kappa shape index (κ3) is 4.80. The molecule has 1 aliphatic heterocycles. The van der Waals surface area contributed by atoms with Crippen LogP contribution in [0.2, 0.25) is 0 Å². The first-order valence-electron chi connectivity index (χ1n) is 9.52. The van der Waals surface area contributed by atoms with Crippen LogP contribution in [0.15, 0.2) is 47.9 Å². The number of nitrogens with zero attached hydrogens (tertiary/aromatic N) is 5. The average molecular weight is 411 g/mol. The van der Waals surface area contributed by atoms with E-state index in [1.807, 2.05) is 31.2 Å². The molecule has 1 aromatic carbocycles. The molecule has 0 aliphatic carbocycles. The van der Waals surface area contributed by atoms with Crippen LogP contribution < -0.4 is 5.32 Å². The molecule has 1 unspecified atom stereocenters. The molecule has 9 heteroatoms. The van der Waals surface area contributed by atoms with Crippen LogP contribution in [0.1, 0.15) is 34.6 Å². The highest BCUT2D eigenvalue weighted by molar-refractivity contribution is 7.98. The van der Waals surface area contributed by atoms with Gasteiger partial charge in [-0.1, -0.05) is 34.7 Å². The zero-order valence-electron chi connectivity index (χ0n) is 16.1. The second-order valence-corrected chi connectivity index (χ2v) is 7.74. The quantitative estimate of drug-likeness (QED) is 0.472. The van der Waals surface area contributed by atoms with Crippen molar-refractivity contribution >= 4 is 17.7 Å². The first-order chi connectivity index (χ1) is 14.2. The van der Waals surface area contributed by atoms with Gasteiger partial charge >= 0.3 is 0 Å². The highest BCUT2D eigenvalue weighted by Gasteiger charge is 2.23. The molecule has 0 bridgehead atoms. The molecule has 2 aromatic heterocycles.